The van der Waals surface area contributed by atoms with Gasteiger partial charge in [0.25, 0.3) is 5.91 Å². The molecule has 1 aromatic carbocycles. The fraction of sp³-hybridized carbons (Fsp3) is 0.588. The van der Waals surface area contributed by atoms with Gasteiger partial charge in [-0.1, -0.05) is 6.92 Å². The average molecular weight is 369 g/mol. The number of carbonyl (C=O) groups is 1. The maximum absolute atomic E-state index is 12.8. The predicted molar refractivity (Wildman–Crippen MR) is 96.5 cm³/mol. The van der Waals surface area contributed by atoms with E-state index in [1.165, 1.54) is 23.5 Å². The van der Waals surface area contributed by atoms with Crippen molar-refractivity contribution in [2.75, 3.05) is 39.8 Å². The van der Waals surface area contributed by atoms with E-state index in [9.17, 15) is 13.2 Å². The molecule has 1 heterocycles. The fourth-order valence-electron chi connectivity index (χ4n) is 2.76. The number of rotatable bonds is 9. The Bertz CT molecular complexity index is 685. The number of amides is 1. The van der Waals surface area contributed by atoms with Gasteiger partial charge in [0, 0.05) is 31.7 Å². The van der Waals surface area contributed by atoms with Crippen molar-refractivity contribution >= 4 is 15.9 Å². The van der Waals surface area contributed by atoms with Crippen molar-refractivity contribution in [1.29, 1.82) is 0 Å². The Morgan fingerprint density at radius 2 is 1.92 bits per heavy atom. The third kappa shape index (κ3) is 4.93. The topological polar surface area (TPSA) is 87.7 Å². The van der Waals surface area contributed by atoms with E-state index in [1.54, 1.807) is 6.07 Å². The first-order valence-corrected chi connectivity index (χ1v) is 10.1. The molecule has 1 saturated heterocycles. The highest BCUT2D eigenvalue weighted by Gasteiger charge is 2.30. The first-order chi connectivity index (χ1) is 12.0. The lowest BCUT2D eigenvalue weighted by Crippen LogP contribution is -2.32. The summed E-state index contributed by atoms with van der Waals surface area (Å²) in [6, 6.07) is 4.52. The highest BCUT2D eigenvalue weighted by atomic mass is 32.2. The molecule has 0 atom stereocenters. The van der Waals surface area contributed by atoms with Gasteiger partial charge in [-0.3, -0.25) is 4.79 Å². The second-order valence-electron chi connectivity index (χ2n) is 5.98. The molecule has 0 spiro atoms. The maximum Gasteiger partial charge on any atom is 0.251 e. The minimum atomic E-state index is -3.65. The van der Waals surface area contributed by atoms with E-state index in [0.717, 1.165) is 25.8 Å². The smallest absolute Gasteiger partial charge is 0.251 e. The first kappa shape index (κ1) is 19.7. The molecule has 8 heteroatoms. The van der Waals surface area contributed by atoms with Gasteiger partial charge >= 0.3 is 0 Å². The molecular weight excluding hydrogens is 342 g/mol. The van der Waals surface area contributed by atoms with Crippen molar-refractivity contribution in [2.24, 2.45) is 0 Å². The zero-order valence-electron chi connectivity index (χ0n) is 14.9. The van der Waals surface area contributed by atoms with Crippen molar-refractivity contribution in [3.63, 3.8) is 0 Å². The molecule has 25 heavy (non-hydrogen) atoms. The molecular formula is C17H27N3O4S. The van der Waals surface area contributed by atoms with Crippen LogP contribution in [0.5, 0.6) is 5.75 Å². The van der Waals surface area contributed by atoms with Gasteiger partial charge in [0.2, 0.25) is 10.0 Å². The van der Waals surface area contributed by atoms with E-state index in [4.69, 9.17) is 4.74 Å². The summed E-state index contributed by atoms with van der Waals surface area (Å²) in [5.41, 5.74) is 0.314. The lowest BCUT2D eigenvalue weighted by atomic mass is 10.2. The molecule has 0 bridgehead atoms. The third-order valence-electron chi connectivity index (χ3n) is 4.12. The molecule has 0 saturated carbocycles. The van der Waals surface area contributed by atoms with E-state index in [2.05, 4.69) is 17.6 Å². The Labute approximate surface area is 149 Å². The van der Waals surface area contributed by atoms with E-state index >= 15 is 0 Å². The van der Waals surface area contributed by atoms with Crippen LogP contribution in [-0.4, -0.2) is 58.5 Å². The van der Waals surface area contributed by atoms with Crippen LogP contribution >= 0.6 is 0 Å². The Morgan fingerprint density at radius 1 is 1.20 bits per heavy atom. The number of methoxy groups -OCH3 is 1. The Balaban J connectivity index is 2.14. The summed E-state index contributed by atoms with van der Waals surface area (Å²) in [5.74, 6) is -0.0353. The summed E-state index contributed by atoms with van der Waals surface area (Å²) < 4.78 is 32.3. The fourth-order valence-corrected chi connectivity index (χ4v) is 4.45. The summed E-state index contributed by atoms with van der Waals surface area (Å²) in [6.07, 6.45) is 2.74. The van der Waals surface area contributed by atoms with Crippen LogP contribution in [0.15, 0.2) is 23.1 Å². The van der Waals surface area contributed by atoms with Crippen molar-refractivity contribution in [3.05, 3.63) is 23.8 Å². The van der Waals surface area contributed by atoms with Crippen LogP contribution in [0, 0.1) is 0 Å². The Kier molecular flexibility index (Phi) is 7.22. The first-order valence-electron chi connectivity index (χ1n) is 8.67. The van der Waals surface area contributed by atoms with Crippen LogP contribution in [0.4, 0.5) is 0 Å². The molecule has 1 aromatic rings. The summed E-state index contributed by atoms with van der Waals surface area (Å²) in [7, 11) is -2.23. The molecule has 2 N–H and O–H groups in total. The van der Waals surface area contributed by atoms with Crippen molar-refractivity contribution in [2.45, 2.75) is 31.1 Å². The molecule has 0 aromatic heterocycles. The summed E-state index contributed by atoms with van der Waals surface area (Å²) >= 11 is 0. The number of sulfonamides is 1. The van der Waals surface area contributed by atoms with Crippen LogP contribution in [0.1, 0.15) is 36.5 Å². The van der Waals surface area contributed by atoms with Gasteiger partial charge in [0.1, 0.15) is 10.6 Å². The van der Waals surface area contributed by atoms with Gasteiger partial charge in [0.15, 0.2) is 0 Å². The lowest BCUT2D eigenvalue weighted by molar-refractivity contribution is 0.0953. The van der Waals surface area contributed by atoms with Crippen LogP contribution in [-0.2, 0) is 10.0 Å². The molecule has 1 aliphatic rings. The van der Waals surface area contributed by atoms with Crippen molar-refractivity contribution < 1.29 is 17.9 Å². The quantitative estimate of drug-likeness (QED) is 0.639. The third-order valence-corrected chi connectivity index (χ3v) is 6.04. The molecule has 1 aliphatic heterocycles. The summed E-state index contributed by atoms with van der Waals surface area (Å²) in [4.78, 5) is 12.3. The lowest BCUT2D eigenvalue weighted by Gasteiger charge is -2.18. The molecule has 0 unspecified atom stereocenters. The van der Waals surface area contributed by atoms with Crippen LogP contribution < -0.4 is 15.4 Å². The minimum absolute atomic E-state index is 0.0497. The number of benzene rings is 1. The van der Waals surface area contributed by atoms with Gasteiger partial charge in [-0.05, 0) is 44.0 Å². The predicted octanol–water partition coefficient (Wildman–Crippen LogP) is 1.21. The van der Waals surface area contributed by atoms with Gasteiger partial charge in [-0.25, -0.2) is 8.42 Å². The van der Waals surface area contributed by atoms with Gasteiger partial charge in [-0.15, -0.1) is 0 Å². The zero-order chi connectivity index (χ0) is 18.3. The highest BCUT2D eigenvalue weighted by Crippen LogP contribution is 2.29. The number of carbonyl (C=O) groups excluding carboxylic acids is 1. The Morgan fingerprint density at radius 3 is 2.56 bits per heavy atom. The van der Waals surface area contributed by atoms with Crippen LogP contribution in [0.25, 0.3) is 0 Å². The molecule has 7 nitrogen and oxygen atoms in total. The Hall–Kier alpha value is -1.64. The molecule has 0 radical (unpaired) electrons. The normalized spacial score (nSPS) is 15.3. The molecule has 2 rings (SSSR count). The largest absolute Gasteiger partial charge is 0.495 e. The number of hydrogen-bond donors (Lipinski definition) is 2. The highest BCUT2D eigenvalue weighted by molar-refractivity contribution is 7.89. The molecule has 140 valence electrons. The molecule has 1 amide bonds. The maximum atomic E-state index is 12.8. The number of nitrogens with zero attached hydrogens (tertiary/aromatic N) is 1. The monoisotopic (exact) mass is 369 g/mol. The number of ether oxygens (including phenoxy) is 1. The summed E-state index contributed by atoms with van der Waals surface area (Å²) in [6.45, 7) is 5.14. The second-order valence-corrected chi connectivity index (χ2v) is 7.89. The van der Waals surface area contributed by atoms with Crippen molar-refractivity contribution in [1.82, 2.24) is 14.9 Å². The average Bonchev–Trinajstić information content (AvgIpc) is 3.16. The number of hydrogen-bond acceptors (Lipinski definition) is 5. The van der Waals surface area contributed by atoms with E-state index in [1.807, 2.05) is 0 Å². The minimum Gasteiger partial charge on any atom is -0.495 e. The van der Waals surface area contributed by atoms with E-state index < -0.39 is 10.0 Å². The van der Waals surface area contributed by atoms with Crippen LogP contribution in [0.3, 0.4) is 0 Å². The van der Waals surface area contributed by atoms with Crippen LogP contribution in [0.2, 0.25) is 0 Å². The second kappa shape index (κ2) is 9.17. The summed E-state index contributed by atoms with van der Waals surface area (Å²) in [5, 5.41) is 5.99. The number of nitrogens with one attached hydrogen (secondary N) is 2. The molecule has 1 fully saturated rings. The van der Waals surface area contributed by atoms with E-state index in [-0.39, 0.29) is 16.6 Å². The van der Waals surface area contributed by atoms with Crippen molar-refractivity contribution in [3.8, 4) is 5.75 Å². The van der Waals surface area contributed by atoms with Gasteiger partial charge in [0.05, 0.1) is 7.11 Å². The molecule has 0 aliphatic carbocycles. The van der Waals surface area contributed by atoms with Gasteiger partial charge < -0.3 is 15.4 Å². The SMILES string of the molecule is CCCNCCNC(=O)c1ccc(OC)c(S(=O)(=O)N2CCCC2)c1. The standard InChI is InChI=1S/C17H27N3O4S/c1-3-8-18-9-10-19-17(21)14-6-7-15(24-2)16(13-14)25(22,23)20-11-4-5-12-20/h6-7,13,18H,3-5,8-12H2,1-2H3,(H,19,21). The zero-order valence-corrected chi connectivity index (χ0v) is 15.7. The van der Waals surface area contributed by atoms with E-state index in [0.29, 0.717) is 31.7 Å². The van der Waals surface area contributed by atoms with Gasteiger partial charge in [-0.2, -0.15) is 4.31 Å².